The van der Waals surface area contributed by atoms with Crippen LogP contribution >= 0.6 is 11.3 Å². The lowest BCUT2D eigenvalue weighted by molar-refractivity contribution is 0.100. The van der Waals surface area contributed by atoms with Crippen molar-refractivity contribution in [3.63, 3.8) is 0 Å². The predicted molar refractivity (Wildman–Crippen MR) is 66.6 cm³/mol. The van der Waals surface area contributed by atoms with E-state index in [0.717, 1.165) is 4.88 Å². The molecule has 0 aliphatic heterocycles. The van der Waals surface area contributed by atoms with Gasteiger partial charge in [0.1, 0.15) is 5.82 Å². The van der Waals surface area contributed by atoms with Crippen LogP contribution in [0.1, 0.15) is 15.2 Å². The summed E-state index contributed by atoms with van der Waals surface area (Å²) >= 11 is 1.42. The first-order valence-corrected chi connectivity index (χ1v) is 5.90. The Kier molecular flexibility index (Phi) is 3.39. The van der Waals surface area contributed by atoms with Crippen LogP contribution in [0.15, 0.2) is 35.7 Å². The normalized spacial score (nSPS) is 10.2. The number of rotatable bonds is 4. The number of para-hydroxylation sites is 1. The van der Waals surface area contributed by atoms with Crippen LogP contribution in [-0.2, 0) is 6.54 Å². The lowest BCUT2D eigenvalue weighted by atomic mass is 10.3. The number of primary amides is 1. The molecule has 0 saturated carbocycles. The van der Waals surface area contributed by atoms with Crippen LogP contribution in [-0.4, -0.2) is 5.91 Å². The summed E-state index contributed by atoms with van der Waals surface area (Å²) < 4.78 is 13.3. The van der Waals surface area contributed by atoms with Crippen LogP contribution in [0.3, 0.4) is 0 Å². The highest BCUT2D eigenvalue weighted by Gasteiger charge is 2.05. The topological polar surface area (TPSA) is 55.1 Å². The van der Waals surface area contributed by atoms with Crippen molar-refractivity contribution < 1.29 is 9.18 Å². The third-order valence-corrected chi connectivity index (χ3v) is 3.20. The van der Waals surface area contributed by atoms with Gasteiger partial charge in [-0.15, -0.1) is 11.3 Å². The van der Waals surface area contributed by atoms with E-state index in [1.54, 1.807) is 29.6 Å². The summed E-state index contributed by atoms with van der Waals surface area (Å²) in [6.45, 7) is 0.471. The Labute approximate surface area is 102 Å². The highest BCUT2D eigenvalue weighted by atomic mass is 32.1. The van der Waals surface area contributed by atoms with E-state index >= 15 is 0 Å². The number of halogens is 1. The summed E-state index contributed by atoms with van der Waals surface area (Å²) in [6, 6.07) is 8.16. The van der Waals surface area contributed by atoms with Crippen LogP contribution in [0.2, 0.25) is 0 Å². The molecule has 1 aromatic carbocycles. The van der Waals surface area contributed by atoms with E-state index in [4.69, 9.17) is 5.73 Å². The van der Waals surface area contributed by atoms with Crippen molar-refractivity contribution in [1.82, 2.24) is 0 Å². The maximum absolute atomic E-state index is 13.3. The molecule has 1 aromatic heterocycles. The van der Waals surface area contributed by atoms with E-state index in [1.807, 2.05) is 0 Å². The molecule has 0 fully saturated rings. The number of nitrogens with two attached hydrogens (primary N) is 1. The van der Waals surface area contributed by atoms with Gasteiger partial charge in [-0.2, -0.15) is 0 Å². The van der Waals surface area contributed by atoms with Gasteiger partial charge >= 0.3 is 0 Å². The Morgan fingerprint density at radius 3 is 2.82 bits per heavy atom. The lowest BCUT2D eigenvalue weighted by Gasteiger charge is -2.05. The quantitative estimate of drug-likeness (QED) is 0.876. The van der Waals surface area contributed by atoms with Gasteiger partial charge in [0, 0.05) is 16.8 Å². The monoisotopic (exact) mass is 250 g/mol. The fourth-order valence-electron chi connectivity index (χ4n) is 1.39. The Bertz CT molecular complexity index is 539. The highest BCUT2D eigenvalue weighted by molar-refractivity contribution is 7.10. The summed E-state index contributed by atoms with van der Waals surface area (Å²) in [5.41, 5.74) is 6.08. The van der Waals surface area contributed by atoms with Gasteiger partial charge in [0.25, 0.3) is 0 Å². The Morgan fingerprint density at radius 1 is 1.41 bits per heavy atom. The summed E-state index contributed by atoms with van der Waals surface area (Å²) in [4.78, 5) is 11.8. The zero-order valence-corrected chi connectivity index (χ0v) is 9.76. The molecule has 1 amide bonds. The second-order valence-corrected chi connectivity index (χ2v) is 4.50. The molecular weight excluding hydrogens is 239 g/mol. The van der Waals surface area contributed by atoms with Gasteiger partial charge in [-0.3, -0.25) is 4.79 Å². The van der Waals surface area contributed by atoms with Crippen LogP contribution in [0.25, 0.3) is 0 Å². The van der Waals surface area contributed by atoms with E-state index in [1.165, 1.54) is 17.4 Å². The molecule has 88 valence electrons. The number of anilines is 1. The fraction of sp³-hybridized carbons (Fsp3) is 0.0833. The van der Waals surface area contributed by atoms with Gasteiger partial charge < -0.3 is 11.1 Å². The van der Waals surface area contributed by atoms with E-state index < -0.39 is 5.91 Å². The number of benzene rings is 1. The Balaban J connectivity index is 2.02. The summed E-state index contributed by atoms with van der Waals surface area (Å²) in [6.07, 6.45) is 0. The van der Waals surface area contributed by atoms with Crippen molar-refractivity contribution in [1.29, 1.82) is 0 Å². The SMILES string of the molecule is NC(=O)c1csc(CNc2ccccc2F)c1. The number of hydrogen-bond acceptors (Lipinski definition) is 3. The summed E-state index contributed by atoms with van der Waals surface area (Å²) in [5.74, 6) is -0.738. The molecule has 0 aliphatic rings. The standard InChI is InChI=1S/C12H11FN2OS/c13-10-3-1-2-4-11(10)15-6-9-5-8(7-17-9)12(14)16/h1-5,7,15H,6H2,(H2,14,16). The molecular formula is C12H11FN2OS. The summed E-state index contributed by atoms with van der Waals surface area (Å²) in [7, 11) is 0. The first-order valence-electron chi connectivity index (χ1n) is 5.02. The zero-order valence-electron chi connectivity index (χ0n) is 8.94. The van der Waals surface area contributed by atoms with Crippen molar-refractivity contribution >= 4 is 22.9 Å². The number of nitrogens with one attached hydrogen (secondary N) is 1. The molecule has 0 atom stereocenters. The average Bonchev–Trinajstić information content (AvgIpc) is 2.77. The first-order chi connectivity index (χ1) is 8.16. The number of carbonyl (C=O) groups is 1. The summed E-state index contributed by atoms with van der Waals surface area (Å²) in [5, 5.41) is 4.66. The smallest absolute Gasteiger partial charge is 0.249 e. The molecule has 3 nitrogen and oxygen atoms in total. The second-order valence-electron chi connectivity index (χ2n) is 3.50. The lowest BCUT2D eigenvalue weighted by Crippen LogP contribution is -2.09. The first kappa shape index (κ1) is 11.6. The van der Waals surface area contributed by atoms with Crippen LogP contribution in [0.4, 0.5) is 10.1 Å². The minimum absolute atomic E-state index is 0.292. The van der Waals surface area contributed by atoms with E-state index in [9.17, 15) is 9.18 Å². The molecule has 3 N–H and O–H groups in total. The van der Waals surface area contributed by atoms with E-state index in [-0.39, 0.29) is 5.82 Å². The van der Waals surface area contributed by atoms with Gasteiger partial charge in [0.15, 0.2) is 0 Å². The molecule has 0 saturated heterocycles. The minimum atomic E-state index is -0.446. The van der Waals surface area contributed by atoms with Gasteiger partial charge in [0.05, 0.1) is 11.3 Å². The maximum atomic E-state index is 13.3. The third kappa shape index (κ3) is 2.82. The molecule has 2 aromatic rings. The molecule has 0 aliphatic carbocycles. The number of amides is 1. The van der Waals surface area contributed by atoms with Crippen LogP contribution in [0, 0.1) is 5.82 Å². The second kappa shape index (κ2) is 4.97. The number of thiophene rings is 1. The van der Waals surface area contributed by atoms with E-state index in [0.29, 0.717) is 17.8 Å². The van der Waals surface area contributed by atoms with Gasteiger partial charge in [-0.05, 0) is 18.2 Å². The highest BCUT2D eigenvalue weighted by Crippen LogP contribution is 2.18. The van der Waals surface area contributed by atoms with Crippen molar-refractivity contribution in [2.75, 3.05) is 5.32 Å². The largest absolute Gasteiger partial charge is 0.378 e. The molecule has 0 bridgehead atoms. The van der Waals surface area contributed by atoms with Gasteiger partial charge in [0.2, 0.25) is 5.91 Å². The predicted octanol–water partition coefficient (Wildman–Crippen LogP) is 2.60. The van der Waals surface area contributed by atoms with Crippen LogP contribution in [0.5, 0.6) is 0 Å². The molecule has 5 heteroatoms. The molecule has 0 radical (unpaired) electrons. The Morgan fingerprint density at radius 2 is 2.18 bits per heavy atom. The van der Waals surface area contributed by atoms with Crippen LogP contribution < -0.4 is 11.1 Å². The molecule has 0 unspecified atom stereocenters. The third-order valence-electron chi connectivity index (χ3n) is 2.27. The van der Waals surface area contributed by atoms with Crippen molar-refractivity contribution in [3.05, 3.63) is 52.0 Å². The molecule has 2 rings (SSSR count). The molecule has 0 spiro atoms. The zero-order chi connectivity index (χ0) is 12.3. The number of hydrogen-bond donors (Lipinski definition) is 2. The Hall–Kier alpha value is -1.88. The molecule has 1 heterocycles. The van der Waals surface area contributed by atoms with E-state index in [2.05, 4.69) is 5.32 Å². The number of carbonyl (C=O) groups excluding carboxylic acids is 1. The van der Waals surface area contributed by atoms with Crippen molar-refractivity contribution in [2.24, 2.45) is 5.73 Å². The van der Waals surface area contributed by atoms with Gasteiger partial charge in [-0.1, -0.05) is 12.1 Å². The minimum Gasteiger partial charge on any atom is -0.378 e. The van der Waals surface area contributed by atoms with Crippen molar-refractivity contribution in [3.8, 4) is 0 Å². The fourth-order valence-corrected chi connectivity index (χ4v) is 2.20. The van der Waals surface area contributed by atoms with Gasteiger partial charge in [-0.25, -0.2) is 4.39 Å². The maximum Gasteiger partial charge on any atom is 0.249 e. The molecule has 17 heavy (non-hydrogen) atoms. The van der Waals surface area contributed by atoms with Crippen molar-refractivity contribution in [2.45, 2.75) is 6.54 Å². The average molecular weight is 250 g/mol.